The Hall–Kier alpha value is -1.80. The van der Waals surface area contributed by atoms with Gasteiger partial charge in [-0.25, -0.2) is 0 Å². The number of piperidine rings is 1. The van der Waals surface area contributed by atoms with Crippen LogP contribution in [-0.2, 0) is 0 Å². The minimum atomic E-state index is 0.354. The molecule has 2 atom stereocenters. The second-order valence-corrected chi connectivity index (χ2v) is 7.25. The lowest BCUT2D eigenvalue weighted by Gasteiger charge is -2.33. The Kier molecular flexibility index (Phi) is 6.52. The van der Waals surface area contributed by atoms with Gasteiger partial charge in [-0.3, -0.25) is 0 Å². The highest BCUT2D eigenvalue weighted by Gasteiger charge is 2.21. The van der Waals surface area contributed by atoms with Crippen LogP contribution in [0.25, 0.3) is 0 Å². The number of nitrogens with zero attached hydrogens (tertiary/aromatic N) is 1. The van der Waals surface area contributed by atoms with Gasteiger partial charge in [0, 0.05) is 30.9 Å². The number of para-hydroxylation sites is 1. The van der Waals surface area contributed by atoms with Gasteiger partial charge in [0.2, 0.25) is 0 Å². The molecule has 1 N–H and O–H groups in total. The van der Waals surface area contributed by atoms with Gasteiger partial charge in [0.05, 0.1) is 0 Å². The smallest absolute Gasteiger partial charge is 0.0414 e. The number of nitrogens with one attached hydrogen (secondary N) is 1. The fourth-order valence-electron chi connectivity index (χ4n) is 3.96. The Bertz CT molecular complexity index is 632. The number of rotatable bonds is 7. The van der Waals surface area contributed by atoms with E-state index in [1.165, 1.54) is 62.0 Å². The normalized spacial score (nSPS) is 17.3. The van der Waals surface area contributed by atoms with Crippen LogP contribution in [0.15, 0.2) is 54.6 Å². The molecule has 134 valence electrons. The summed E-state index contributed by atoms with van der Waals surface area (Å²) < 4.78 is 0. The first-order chi connectivity index (χ1) is 12.3. The number of hydrogen-bond donors (Lipinski definition) is 1. The highest BCUT2D eigenvalue weighted by atomic mass is 15.1. The Labute approximate surface area is 153 Å². The van der Waals surface area contributed by atoms with Crippen LogP contribution >= 0.6 is 0 Å². The van der Waals surface area contributed by atoms with Gasteiger partial charge in [0.25, 0.3) is 0 Å². The summed E-state index contributed by atoms with van der Waals surface area (Å²) in [7, 11) is 0. The van der Waals surface area contributed by atoms with Crippen molar-refractivity contribution < 1.29 is 0 Å². The Balaban J connectivity index is 1.82. The van der Waals surface area contributed by atoms with Crippen molar-refractivity contribution >= 4 is 5.69 Å². The monoisotopic (exact) mass is 336 g/mol. The zero-order valence-electron chi connectivity index (χ0n) is 15.7. The van der Waals surface area contributed by atoms with Crippen LogP contribution in [0.2, 0.25) is 0 Å². The van der Waals surface area contributed by atoms with Gasteiger partial charge in [-0.15, -0.1) is 0 Å². The molecule has 25 heavy (non-hydrogen) atoms. The SMILES string of the molecule is CCC[C@H](N[C@@H](C)c1ccccc1)c1ccccc1N1CCCCC1. The van der Waals surface area contributed by atoms with E-state index in [1.54, 1.807) is 0 Å². The Morgan fingerprint density at radius 3 is 2.32 bits per heavy atom. The largest absolute Gasteiger partial charge is 0.371 e. The molecule has 2 aromatic carbocycles. The summed E-state index contributed by atoms with van der Waals surface area (Å²) in [6, 6.07) is 20.6. The molecule has 0 aromatic heterocycles. The van der Waals surface area contributed by atoms with Crippen molar-refractivity contribution in [1.82, 2.24) is 5.32 Å². The van der Waals surface area contributed by atoms with Crippen LogP contribution in [-0.4, -0.2) is 13.1 Å². The van der Waals surface area contributed by atoms with E-state index in [2.05, 4.69) is 78.7 Å². The van der Waals surface area contributed by atoms with E-state index in [9.17, 15) is 0 Å². The third-order valence-electron chi connectivity index (χ3n) is 5.34. The van der Waals surface area contributed by atoms with Crippen molar-refractivity contribution in [2.45, 2.75) is 58.0 Å². The molecule has 1 heterocycles. The lowest BCUT2D eigenvalue weighted by Crippen LogP contribution is -2.32. The number of benzene rings is 2. The summed E-state index contributed by atoms with van der Waals surface area (Å²) in [5, 5.41) is 3.90. The fraction of sp³-hybridized carbons (Fsp3) is 0.478. The molecule has 1 saturated heterocycles. The van der Waals surface area contributed by atoms with E-state index in [0.717, 1.165) is 0 Å². The van der Waals surface area contributed by atoms with Crippen molar-refractivity contribution in [1.29, 1.82) is 0 Å². The molecule has 0 saturated carbocycles. The minimum Gasteiger partial charge on any atom is -0.371 e. The lowest BCUT2D eigenvalue weighted by molar-refractivity contribution is 0.438. The predicted octanol–water partition coefficient (Wildman–Crippen LogP) is 5.87. The van der Waals surface area contributed by atoms with Crippen molar-refractivity contribution in [3.8, 4) is 0 Å². The Morgan fingerprint density at radius 2 is 1.60 bits per heavy atom. The Morgan fingerprint density at radius 1 is 0.920 bits per heavy atom. The fourth-order valence-corrected chi connectivity index (χ4v) is 3.96. The van der Waals surface area contributed by atoms with Crippen LogP contribution in [0.4, 0.5) is 5.69 Å². The third-order valence-corrected chi connectivity index (χ3v) is 5.34. The van der Waals surface area contributed by atoms with Gasteiger partial charge in [0.15, 0.2) is 0 Å². The molecule has 0 bridgehead atoms. The van der Waals surface area contributed by atoms with Crippen LogP contribution < -0.4 is 10.2 Å². The second-order valence-electron chi connectivity index (χ2n) is 7.25. The molecule has 0 aliphatic carbocycles. The van der Waals surface area contributed by atoms with E-state index < -0.39 is 0 Å². The summed E-state index contributed by atoms with van der Waals surface area (Å²) in [6.45, 7) is 6.96. The van der Waals surface area contributed by atoms with Crippen molar-refractivity contribution in [2.24, 2.45) is 0 Å². The van der Waals surface area contributed by atoms with Crippen LogP contribution in [0.5, 0.6) is 0 Å². The van der Waals surface area contributed by atoms with Gasteiger partial charge < -0.3 is 10.2 Å². The molecule has 0 unspecified atom stereocenters. The molecule has 1 fully saturated rings. The van der Waals surface area contributed by atoms with E-state index in [1.807, 2.05) is 0 Å². The molecular formula is C23H32N2. The molecule has 3 rings (SSSR count). The number of hydrogen-bond acceptors (Lipinski definition) is 2. The molecule has 2 nitrogen and oxygen atoms in total. The lowest BCUT2D eigenvalue weighted by atomic mass is 9.96. The summed E-state index contributed by atoms with van der Waals surface area (Å²) in [5.74, 6) is 0. The zero-order valence-corrected chi connectivity index (χ0v) is 15.7. The van der Waals surface area contributed by atoms with Crippen molar-refractivity contribution in [2.75, 3.05) is 18.0 Å². The molecule has 1 aliphatic rings. The van der Waals surface area contributed by atoms with E-state index in [0.29, 0.717) is 12.1 Å². The highest BCUT2D eigenvalue weighted by molar-refractivity contribution is 5.55. The van der Waals surface area contributed by atoms with Crippen molar-refractivity contribution in [3.63, 3.8) is 0 Å². The topological polar surface area (TPSA) is 15.3 Å². The van der Waals surface area contributed by atoms with Crippen LogP contribution in [0.3, 0.4) is 0 Å². The van der Waals surface area contributed by atoms with Gasteiger partial charge in [0.1, 0.15) is 0 Å². The van der Waals surface area contributed by atoms with Gasteiger partial charge in [-0.05, 0) is 49.8 Å². The molecule has 0 amide bonds. The van der Waals surface area contributed by atoms with Gasteiger partial charge in [-0.1, -0.05) is 61.9 Å². The zero-order chi connectivity index (χ0) is 17.5. The summed E-state index contributed by atoms with van der Waals surface area (Å²) >= 11 is 0. The van der Waals surface area contributed by atoms with Gasteiger partial charge in [-0.2, -0.15) is 0 Å². The maximum atomic E-state index is 3.90. The van der Waals surface area contributed by atoms with Crippen LogP contribution in [0.1, 0.15) is 69.2 Å². The molecule has 0 spiro atoms. The highest BCUT2D eigenvalue weighted by Crippen LogP contribution is 2.32. The van der Waals surface area contributed by atoms with E-state index >= 15 is 0 Å². The maximum absolute atomic E-state index is 3.90. The average molecular weight is 337 g/mol. The minimum absolute atomic E-state index is 0.354. The summed E-state index contributed by atoms with van der Waals surface area (Å²) in [4.78, 5) is 2.59. The first-order valence-corrected chi connectivity index (χ1v) is 9.94. The van der Waals surface area contributed by atoms with Gasteiger partial charge >= 0.3 is 0 Å². The third kappa shape index (κ3) is 4.64. The van der Waals surface area contributed by atoms with E-state index in [4.69, 9.17) is 0 Å². The molecule has 0 radical (unpaired) electrons. The van der Waals surface area contributed by atoms with E-state index in [-0.39, 0.29) is 0 Å². The second kappa shape index (κ2) is 9.05. The molecular weight excluding hydrogens is 304 g/mol. The first kappa shape index (κ1) is 18.0. The summed E-state index contributed by atoms with van der Waals surface area (Å²) in [6.07, 6.45) is 6.37. The summed E-state index contributed by atoms with van der Waals surface area (Å²) in [5.41, 5.74) is 4.27. The average Bonchev–Trinajstić information content (AvgIpc) is 2.69. The quantitative estimate of drug-likeness (QED) is 0.680. The standard InChI is InChI=1S/C23H32N2/c1-3-12-22(24-19(2)20-13-6-4-7-14-20)21-15-8-9-16-23(21)25-17-10-5-11-18-25/h4,6-9,13-16,19,22,24H,3,5,10-12,17-18H2,1-2H3/t19-,22-/m0/s1. The molecule has 2 heteroatoms. The van der Waals surface area contributed by atoms with Crippen molar-refractivity contribution in [3.05, 3.63) is 65.7 Å². The predicted molar refractivity (Wildman–Crippen MR) is 108 cm³/mol. The maximum Gasteiger partial charge on any atom is 0.0414 e. The number of anilines is 1. The molecule has 1 aliphatic heterocycles. The molecule has 2 aromatic rings. The van der Waals surface area contributed by atoms with Crippen LogP contribution in [0, 0.1) is 0 Å². The first-order valence-electron chi connectivity index (χ1n) is 9.94.